The molecule has 21 heavy (non-hydrogen) atoms. The first-order chi connectivity index (χ1) is 10.0. The summed E-state index contributed by atoms with van der Waals surface area (Å²) in [6.07, 6.45) is 0. The molecule has 0 amide bonds. The molecule has 0 unspecified atom stereocenters. The van der Waals surface area contributed by atoms with Crippen LogP contribution < -0.4 is 11.1 Å². The summed E-state index contributed by atoms with van der Waals surface area (Å²) in [4.78, 5) is 23.7. The van der Waals surface area contributed by atoms with Crippen molar-refractivity contribution in [2.45, 2.75) is 13.8 Å². The van der Waals surface area contributed by atoms with Crippen LogP contribution in [0.3, 0.4) is 0 Å². The molecule has 0 fully saturated rings. The van der Waals surface area contributed by atoms with Crippen LogP contribution in [0.25, 0.3) is 0 Å². The number of anilines is 3. The van der Waals surface area contributed by atoms with Crippen molar-refractivity contribution in [3.63, 3.8) is 0 Å². The number of hydrogen-bond donors (Lipinski definition) is 2. The quantitative estimate of drug-likeness (QED) is 0.835. The Balaban J connectivity index is 2.49. The molecule has 0 saturated carbocycles. The van der Waals surface area contributed by atoms with E-state index in [9.17, 15) is 9.59 Å². The third kappa shape index (κ3) is 3.02. The number of para-hydroxylation sites is 1. The highest BCUT2D eigenvalue weighted by molar-refractivity contribution is 6.02. The van der Waals surface area contributed by atoms with Crippen molar-refractivity contribution >= 4 is 29.2 Å². The SMILES string of the molecule is CCOC(=O)c1c(N)nn(C(C)=O)c1Nc1ccccc1. The van der Waals surface area contributed by atoms with Crippen molar-refractivity contribution < 1.29 is 14.3 Å². The maximum absolute atomic E-state index is 12.0. The second-order valence-electron chi connectivity index (χ2n) is 4.25. The van der Waals surface area contributed by atoms with E-state index in [1.54, 1.807) is 19.1 Å². The highest BCUT2D eigenvalue weighted by atomic mass is 16.5. The van der Waals surface area contributed by atoms with Crippen molar-refractivity contribution in [2.24, 2.45) is 0 Å². The van der Waals surface area contributed by atoms with Gasteiger partial charge in [0.1, 0.15) is 5.56 Å². The van der Waals surface area contributed by atoms with Gasteiger partial charge < -0.3 is 15.8 Å². The predicted molar refractivity (Wildman–Crippen MR) is 78.6 cm³/mol. The molecule has 2 aromatic rings. The molecular formula is C14H16N4O3. The minimum atomic E-state index is -0.624. The van der Waals surface area contributed by atoms with Crippen molar-refractivity contribution in [1.82, 2.24) is 9.78 Å². The topological polar surface area (TPSA) is 99.2 Å². The fourth-order valence-electron chi connectivity index (χ4n) is 1.84. The average molecular weight is 288 g/mol. The number of carbonyl (C=O) groups excluding carboxylic acids is 2. The summed E-state index contributed by atoms with van der Waals surface area (Å²) in [5.41, 5.74) is 6.49. The zero-order chi connectivity index (χ0) is 15.4. The Kier molecular flexibility index (Phi) is 4.22. The Morgan fingerprint density at radius 2 is 2.00 bits per heavy atom. The number of nitrogens with one attached hydrogen (secondary N) is 1. The minimum absolute atomic E-state index is 0.0518. The van der Waals surface area contributed by atoms with Gasteiger partial charge in [-0.25, -0.2) is 4.79 Å². The third-order valence-electron chi connectivity index (χ3n) is 2.73. The van der Waals surface area contributed by atoms with Crippen LogP contribution in [0.15, 0.2) is 30.3 Å². The van der Waals surface area contributed by atoms with Crippen LogP contribution in [0, 0.1) is 0 Å². The summed E-state index contributed by atoms with van der Waals surface area (Å²) in [6.45, 7) is 3.22. The number of nitrogens with two attached hydrogens (primary N) is 1. The number of benzene rings is 1. The first kappa shape index (κ1) is 14.6. The smallest absolute Gasteiger partial charge is 0.345 e. The molecule has 1 aromatic heterocycles. The molecule has 7 nitrogen and oxygen atoms in total. The lowest BCUT2D eigenvalue weighted by Gasteiger charge is -2.09. The van der Waals surface area contributed by atoms with E-state index in [1.807, 2.05) is 18.2 Å². The van der Waals surface area contributed by atoms with E-state index < -0.39 is 5.97 Å². The fraction of sp³-hybridized carbons (Fsp3) is 0.214. The van der Waals surface area contributed by atoms with Crippen LogP contribution in [-0.4, -0.2) is 28.3 Å². The van der Waals surface area contributed by atoms with E-state index >= 15 is 0 Å². The van der Waals surface area contributed by atoms with Crippen molar-refractivity contribution in [1.29, 1.82) is 0 Å². The lowest BCUT2D eigenvalue weighted by molar-refractivity contribution is 0.0529. The first-order valence-corrected chi connectivity index (χ1v) is 6.43. The van der Waals surface area contributed by atoms with E-state index in [1.165, 1.54) is 6.92 Å². The number of aromatic nitrogens is 2. The molecular weight excluding hydrogens is 272 g/mol. The summed E-state index contributed by atoms with van der Waals surface area (Å²) in [7, 11) is 0. The first-order valence-electron chi connectivity index (χ1n) is 6.43. The highest BCUT2D eigenvalue weighted by Crippen LogP contribution is 2.26. The molecule has 1 heterocycles. The molecule has 0 saturated heterocycles. The molecule has 0 bridgehead atoms. The number of nitrogen functional groups attached to an aromatic ring is 1. The van der Waals surface area contributed by atoms with Gasteiger partial charge >= 0.3 is 5.97 Å². The van der Waals surface area contributed by atoms with E-state index in [0.29, 0.717) is 5.69 Å². The molecule has 0 aliphatic rings. The second-order valence-corrected chi connectivity index (χ2v) is 4.25. The Labute approximate surface area is 121 Å². The van der Waals surface area contributed by atoms with Gasteiger partial charge in [0.2, 0.25) is 5.91 Å². The van der Waals surface area contributed by atoms with Crippen molar-refractivity contribution in [3.05, 3.63) is 35.9 Å². The van der Waals surface area contributed by atoms with E-state index in [-0.39, 0.29) is 29.7 Å². The molecule has 2 rings (SSSR count). The fourth-order valence-corrected chi connectivity index (χ4v) is 1.84. The number of carbonyl (C=O) groups is 2. The summed E-state index contributed by atoms with van der Waals surface area (Å²) in [6, 6.07) is 9.09. The van der Waals surface area contributed by atoms with E-state index in [4.69, 9.17) is 10.5 Å². The maximum Gasteiger partial charge on any atom is 0.345 e. The van der Waals surface area contributed by atoms with Gasteiger partial charge in [-0.3, -0.25) is 4.79 Å². The van der Waals surface area contributed by atoms with Gasteiger partial charge in [-0.2, -0.15) is 4.68 Å². The van der Waals surface area contributed by atoms with Gasteiger partial charge in [-0.1, -0.05) is 18.2 Å². The molecule has 7 heteroatoms. The Morgan fingerprint density at radius 1 is 1.33 bits per heavy atom. The van der Waals surface area contributed by atoms with Gasteiger partial charge in [-0.05, 0) is 19.1 Å². The predicted octanol–water partition coefficient (Wildman–Crippen LogP) is 2.05. The summed E-state index contributed by atoms with van der Waals surface area (Å²) >= 11 is 0. The molecule has 0 spiro atoms. The number of ether oxygens (including phenoxy) is 1. The number of rotatable bonds is 4. The number of hydrogen-bond acceptors (Lipinski definition) is 6. The third-order valence-corrected chi connectivity index (χ3v) is 2.73. The standard InChI is InChI=1S/C14H16N4O3/c1-3-21-14(20)11-12(15)17-18(9(2)19)13(11)16-10-7-5-4-6-8-10/h4-8,16H,3H2,1-2H3,(H2,15,17). The van der Waals surface area contributed by atoms with Crippen molar-refractivity contribution in [3.8, 4) is 0 Å². The Bertz CT molecular complexity index is 664. The molecule has 110 valence electrons. The van der Waals surface area contributed by atoms with Crippen LogP contribution in [-0.2, 0) is 4.74 Å². The zero-order valence-electron chi connectivity index (χ0n) is 11.8. The van der Waals surface area contributed by atoms with Crippen LogP contribution in [0.5, 0.6) is 0 Å². The van der Waals surface area contributed by atoms with Gasteiger partial charge in [-0.15, -0.1) is 5.10 Å². The second kappa shape index (κ2) is 6.08. The van der Waals surface area contributed by atoms with Crippen LogP contribution in [0.4, 0.5) is 17.3 Å². The van der Waals surface area contributed by atoms with Crippen LogP contribution >= 0.6 is 0 Å². The van der Waals surface area contributed by atoms with Gasteiger partial charge in [0.25, 0.3) is 0 Å². The summed E-state index contributed by atoms with van der Waals surface area (Å²) in [5, 5.41) is 6.87. The van der Waals surface area contributed by atoms with Gasteiger partial charge in [0.05, 0.1) is 6.61 Å². The van der Waals surface area contributed by atoms with Crippen LogP contribution in [0.2, 0.25) is 0 Å². The summed E-state index contributed by atoms with van der Waals surface area (Å²) < 4.78 is 6.01. The monoisotopic (exact) mass is 288 g/mol. The van der Waals surface area contributed by atoms with Gasteiger partial charge in [0.15, 0.2) is 11.6 Å². The van der Waals surface area contributed by atoms with E-state index in [0.717, 1.165) is 4.68 Å². The lowest BCUT2D eigenvalue weighted by atomic mass is 10.2. The molecule has 1 aromatic carbocycles. The van der Waals surface area contributed by atoms with Crippen molar-refractivity contribution in [2.75, 3.05) is 17.7 Å². The number of esters is 1. The molecule has 0 radical (unpaired) electrons. The minimum Gasteiger partial charge on any atom is -0.462 e. The molecule has 0 aliphatic carbocycles. The average Bonchev–Trinajstić information content (AvgIpc) is 2.77. The zero-order valence-corrected chi connectivity index (χ0v) is 11.8. The molecule has 3 N–H and O–H groups in total. The van der Waals surface area contributed by atoms with E-state index in [2.05, 4.69) is 10.4 Å². The maximum atomic E-state index is 12.0. The Morgan fingerprint density at radius 3 is 2.57 bits per heavy atom. The number of nitrogens with zero attached hydrogens (tertiary/aromatic N) is 2. The van der Waals surface area contributed by atoms with Gasteiger partial charge in [0, 0.05) is 12.6 Å². The molecule has 0 atom stereocenters. The largest absolute Gasteiger partial charge is 0.462 e. The molecule has 0 aliphatic heterocycles. The highest BCUT2D eigenvalue weighted by Gasteiger charge is 2.25. The lowest BCUT2D eigenvalue weighted by Crippen LogP contribution is -2.13. The normalized spacial score (nSPS) is 10.2. The summed E-state index contributed by atoms with van der Waals surface area (Å²) in [5.74, 6) is -0.844. The Hall–Kier alpha value is -2.83. The van der Waals surface area contributed by atoms with Crippen LogP contribution in [0.1, 0.15) is 29.0 Å².